The summed E-state index contributed by atoms with van der Waals surface area (Å²) in [4.78, 5) is 12.6. The minimum absolute atomic E-state index is 0.0500. The molecule has 168 valence electrons. The van der Waals surface area contributed by atoms with Gasteiger partial charge in [-0.1, -0.05) is 61.0 Å². The van der Waals surface area contributed by atoms with Gasteiger partial charge in [0, 0.05) is 5.69 Å². The predicted octanol–water partition coefficient (Wildman–Crippen LogP) is 6.43. The first-order valence-electron chi connectivity index (χ1n) is 10.7. The molecule has 0 aliphatic rings. The first kappa shape index (κ1) is 23.9. The van der Waals surface area contributed by atoms with E-state index in [9.17, 15) is 10.1 Å². The minimum Gasteiger partial charge on any atom is -0.490 e. The van der Waals surface area contributed by atoms with Crippen LogP contribution in [0.15, 0.2) is 72.3 Å². The van der Waals surface area contributed by atoms with Crippen LogP contribution >= 0.6 is 11.6 Å². The number of benzene rings is 3. The van der Waals surface area contributed by atoms with E-state index in [0.717, 1.165) is 17.5 Å². The average molecular weight is 461 g/mol. The first-order chi connectivity index (χ1) is 16.0. The lowest BCUT2D eigenvalue weighted by Crippen LogP contribution is -2.13. The summed E-state index contributed by atoms with van der Waals surface area (Å²) in [6.07, 6.45) is 2.39. The zero-order valence-electron chi connectivity index (χ0n) is 18.6. The fourth-order valence-corrected chi connectivity index (χ4v) is 3.42. The Labute approximate surface area is 199 Å². The third kappa shape index (κ3) is 6.61. The lowest BCUT2D eigenvalue weighted by Gasteiger charge is -2.15. The van der Waals surface area contributed by atoms with Gasteiger partial charge >= 0.3 is 0 Å². The number of nitrogens with one attached hydrogen (secondary N) is 1. The van der Waals surface area contributed by atoms with E-state index in [4.69, 9.17) is 21.1 Å². The Morgan fingerprint density at radius 2 is 1.76 bits per heavy atom. The van der Waals surface area contributed by atoms with Gasteiger partial charge < -0.3 is 14.8 Å². The van der Waals surface area contributed by atoms with Gasteiger partial charge in [0.15, 0.2) is 11.5 Å². The monoisotopic (exact) mass is 460 g/mol. The van der Waals surface area contributed by atoms with Crippen molar-refractivity contribution in [2.24, 2.45) is 0 Å². The third-order valence-corrected chi connectivity index (χ3v) is 5.13. The number of amides is 1. The Kier molecular flexibility index (Phi) is 8.51. The number of aryl methyl sites for hydroxylation is 1. The van der Waals surface area contributed by atoms with Crippen LogP contribution in [0.3, 0.4) is 0 Å². The number of hydrogen-bond donors (Lipinski definition) is 1. The van der Waals surface area contributed by atoms with Gasteiger partial charge in [0.25, 0.3) is 5.91 Å². The zero-order valence-corrected chi connectivity index (χ0v) is 19.4. The molecule has 3 aromatic rings. The summed E-state index contributed by atoms with van der Waals surface area (Å²) in [7, 11) is 0. The van der Waals surface area contributed by atoms with Gasteiger partial charge in [-0.3, -0.25) is 4.79 Å². The average Bonchev–Trinajstić information content (AvgIpc) is 2.83. The van der Waals surface area contributed by atoms with Crippen molar-refractivity contribution in [3.05, 3.63) is 94.0 Å². The molecule has 0 aliphatic heterocycles. The molecule has 5 nitrogen and oxygen atoms in total. The maximum atomic E-state index is 12.6. The minimum atomic E-state index is -0.500. The van der Waals surface area contributed by atoms with Gasteiger partial charge in [0.05, 0.1) is 11.6 Å². The van der Waals surface area contributed by atoms with Crippen molar-refractivity contribution in [3.63, 3.8) is 0 Å². The summed E-state index contributed by atoms with van der Waals surface area (Å²) in [6.45, 7) is 4.65. The maximum Gasteiger partial charge on any atom is 0.266 e. The predicted molar refractivity (Wildman–Crippen MR) is 131 cm³/mol. The summed E-state index contributed by atoms with van der Waals surface area (Å²) < 4.78 is 11.6. The fraction of sp³-hybridized carbons (Fsp3) is 0.185. The van der Waals surface area contributed by atoms with Gasteiger partial charge in [-0.15, -0.1) is 0 Å². The van der Waals surface area contributed by atoms with E-state index in [1.165, 1.54) is 6.08 Å². The zero-order chi connectivity index (χ0) is 23.6. The van der Waals surface area contributed by atoms with E-state index in [2.05, 4.69) is 12.2 Å². The summed E-state index contributed by atoms with van der Waals surface area (Å²) in [5.74, 6) is 0.360. The van der Waals surface area contributed by atoms with Crippen molar-refractivity contribution in [1.82, 2.24) is 0 Å². The molecule has 3 aromatic carbocycles. The topological polar surface area (TPSA) is 71.3 Å². The van der Waals surface area contributed by atoms with Crippen molar-refractivity contribution < 1.29 is 14.3 Å². The number of ether oxygens (including phenoxy) is 2. The number of halogens is 1. The molecular formula is C27H25ClN2O3. The van der Waals surface area contributed by atoms with Crippen LogP contribution in [0.25, 0.3) is 6.08 Å². The lowest BCUT2D eigenvalue weighted by atomic mass is 10.1. The second-order valence-electron chi connectivity index (χ2n) is 7.21. The molecule has 0 saturated carbocycles. The lowest BCUT2D eigenvalue weighted by molar-refractivity contribution is -0.112. The van der Waals surface area contributed by atoms with Crippen molar-refractivity contribution in [3.8, 4) is 17.6 Å². The quantitative estimate of drug-likeness (QED) is 0.295. The van der Waals surface area contributed by atoms with Crippen LogP contribution in [0, 0.1) is 11.3 Å². The molecule has 0 saturated heterocycles. The van der Waals surface area contributed by atoms with E-state index in [0.29, 0.717) is 41.0 Å². The summed E-state index contributed by atoms with van der Waals surface area (Å²) >= 11 is 6.48. The second-order valence-corrected chi connectivity index (χ2v) is 7.62. The molecule has 0 radical (unpaired) electrons. The fourth-order valence-electron chi connectivity index (χ4n) is 3.14. The SMILES string of the molecule is CCOc1cc(/C=C(\C#N)C(=O)Nc2ccc(CC)cc2)cc(Cl)c1OCc1ccccc1. The highest BCUT2D eigenvalue weighted by Crippen LogP contribution is 2.38. The largest absolute Gasteiger partial charge is 0.490 e. The molecule has 0 fully saturated rings. The van der Waals surface area contributed by atoms with Crippen LogP contribution in [0.2, 0.25) is 5.02 Å². The standard InChI is InChI=1S/C27H25ClN2O3/c1-3-19-10-12-23(13-11-19)30-27(31)22(17-29)14-21-15-24(28)26(25(16-21)32-4-2)33-18-20-8-6-5-7-9-20/h5-16H,3-4,18H2,1-2H3,(H,30,31)/b22-14+. The third-order valence-electron chi connectivity index (χ3n) is 4.85. The van der Waals surface area contributed by atoms with Crippen LogP contribution in [-0.2, 0) is 17.8 Å². The molecule has 6 heteroatoms. The highest BCUT2D eigenvalue weighted by Gasteiger charge is 2.15. The number of anilines is 1. The van der Waals surface area contributed by atoms with Gasteiger partial charge in [-0.05, 0) is 60.4 Å². The number of hydrogen-bond acceptors (Lipinski definition) is 4. The Morgan fingerprint density at radius 1 is 1.03 bits per heavy atom. The molecule has 33 heavy (non-hydrogen) atoms. The molecule has 0 aromatic heterocycles. The molecule has 0 spiro atoms. The molecule has 0 aliphatic carbocycles. The second kappa shape index (κ2) is 11.8. The number of nitrogens with zero attached hydrogens (tertiary/aromatic N) is 1. The van der Waals surface area contributed by atoms with E-state index in [1.807, 2.05) is 67.6 Å². The van der Waals surface area contributed by atoms with Crippen LogP contribution in [0.4, 0.5) is 5.69 Å². The molecule has 3 rings (SSSR count). The van der Waals surface area contributed by atoms with Crippen molar-refractivity contribution in [2.45, 2.75) is 26.9 Å². The van der Waals surface area contributed by atoms with Crippen LogP contribution < -0.4 is 14.8 Å². The van der Waals surface area contributed by atoms with Gasteiger partial charge in [0.2, 0.25) is 0 Å². The van der Waals surface area contributed by atoms with E-state index in [-0.39, 0.29) is 5.57 Å². The normalized spacial score (nSPS) is 10.9. The summed E-state index contributed by atoms with van der Waals surface area (Å²) in [5.41, 5.74) is 3.29. The van der Waals surface area contributed by atoms with Crippen LogP contribution in [0.5, 0.6) is 11.5 Å². The van der Waals surface area contributed by atoms with Gasteiger partial charge in [-0.2, -0.15) is 5.26 Å². The first-order valence-corrected chi connectivity index (χ1v) is 11.1. The molecule has 0 heterocycles. The molecule has 1 amide bonds. The van der Waals surface area contributed by atoms with Crippen LogP contribution in [0.1, 0.15) is 30.5 Å². The number of nitriles is 1. The van der Waals surface area contributed by atoms with E-state index in [1.54, 1.807) is 12.1 Å². The molecule has 0 atom stereocenters. The smallest absolute Gasteiger partial charge is 0.266 e. The van der Waals surface area contributed by atoms with Crippen molar-refractivity contribution in [2.75, 3.05) is 11.9 Å². The van der Waals surface area contributed by atoms with Gasteiger partial charge in [-0.25, -0.2) is 0 Å². The number of carbonyl (C=O) groups excluding carboxylic acids is 1. The Hall–Kier alpha value is -3.75. The Bertz CT molecular complexity index is 1170. The van der Waals surface area contributed by atoms with E-state index < -0.39 is 5.91 Å². The van der Waals surface area contributed by atoms with E-state index >= 15 is 0 Å². The molecule has 0 unspecified atom stereocenters. The van der Waals surface area contributed by atoms with Crippen LogP contribution in [-0.4, -0.2) is 12.5 Å². The highest BCUT2D eigenvalue weighted by molar-refractivity contribution is 6.32. The van der Waals surface area contributed by atoms with Crippen molar-refractivity contribution >= 4 is 29.3 Å². The number of carbonyl (C=O) groups is 1. The molecular weight excluding hydrogens is 436 g/mol. The Balaban J connectivity index is 1.82. The highest BCUT2D eigenvalue weighted by atomic mass is 35.5. The van der Waals surface area contributed by atoms with Crippen molar-refractivity contribution in [1.29, 1.82) is 5.26 Å². The summed E-state index contributed by atoms with van der Waals surface area (Å²) in [6, 6.07) is 22.5. The number of rotatable bonds is 9. The molecule has 1 N–H and O–H groups in total. The summed E-state index contributed by atoms with van der Waals surface area (Å²) in [5, 5.41) is 12.6. The maximum absolute atomic E-state index is 12.6. The molecule has 0 bridgehead atoms. The Morgan fingerprint density at radius 3 is 2.39 bits per heavy atom. The van der Waals surface area contributed by atoms with Gasteiger partial charge in [0.1, 0.15) is 18.2 Å².